The maximum atomic E-state index is 12.9. The van der Waals surface area contributed by atoms with Gasteiger partial charge in [0.15, 0.2) is 0 Å². The number of sulfonamides is 1. The Morgan fingerprint density at radius 2 is 1.72 bits per heavy atom. The molecule has 1 aliphatic heterocycles. The molecule has 2 aromatic carbocycles. The molecule has 1 fully saturated rings. The van der Waals surface area contributed by atoms with E-state index in [1.54, 1.807) is 6.07 Å². The highest BCUT2D eigenvalue weighted by Gasteiger charge is 2.20. The summed E-state index contributed by atoms with van der Waals surface area (Å²) in [6.45, 7) is 4.01. The van der Waals surface area contributed by atoms with Gasteiger partial charge in [0, 0.05) is 35.9 Å². The monoisotopic (exact) mass is 587 g/mol. The molecule has 0 bridgehead atoms. The zero-order valence-electron chi connectivity index (χ0n) is 20.7. The molecule has 0 aliphatic carbocycles. The summed E-state index contributed by atoms with van der Waals surface area (Å²) in [4.78, 5) is 27.6. The number of pyridine rings is 1. The molecular weight excluding hydrogens is 562 g/mol. The van der Waals surface area contributed by atoms with Crippen molar-refractivity contribution in [3.8, 4) is 11.6 Å². The largest absolute Gasteiger partial charge is 0.494 e. The summed E-state index contributed by atoms with van der Waals surface area (Å²) in [5.74, 6) is -0.208. The van der Waals surface area contributed by atoms with Crippen LogP contribution in [0.5, 0.6) is 5.88 Å². The van der Waals surface area contributed by atoms with Gasteiger partial charge in [0.2, 0.25) is 5.88 Å². The van der Waals surface area contributed by atoms with Crippen molar-refractivity contribution < 1.29 is 18.3 Å². The number of urea groups is 1. The second kappa shape index (κ2) is 11.3. The molecule has 0 unspecified atom stereocenters. The first-order valence-corrected chi connectivity index (χ1v) is 14.9. The number of thiophene rings is 1. The second-order valence-corrected chi connectivity index (χ2v) is 12.7. The average molecular weight is 588 g/mol. The highest BCUT2D eigenvalue weighted by molar-refractivity contribution is 7.92. The number of nitrogens with one attached hydrogen (secondary N) is 3. The van der Waals surface area contributed by atoms with Gasteiger partial charge in [-0.05, 0) is 85.9 Å². The number of benzene rings is 2. The van der Waals surface area contributed by atoms with E-state index in [1.165, 1.54) is 55.3 Å². The minimum absolute atomic E-state index is 0.0888. The summed E-state index contributed by atoms with van der Waals surface area (Å²) in [6.07, 6.45) is 2.49. The normalized spacial score (nSPS) is 14.0. The van der Waals surface area contributed by atoms with Crippen LogP contribution in [-0.4, -0.2) is 55.2 Å². The predicted octanol–water partition coefficient (Wildman–Crippen LogP) is 4.43. The summed E-state index contributed by atoms with van der Waals surface area (Å²) in [5.41, 5.74) is 1.11. The van der Waals surface area contributed by atoms with Gasteiger partial charge in [0.25, 0.3) is 15.6 Å². The number of carbonyl (C=O) groups is 1. The Morgan fingerprint density at radius 3 is 2.41 bits per heavy atom. The summed E-state index contributed by atoms with van der Waals surface area (Å²) < 4.78 is 27.9. The fourth-order valence-corrected chi connectivity index (χ4v) is 6.89. The molecule has 1 aliphatic rings. The summed E-state index contributed by atoms with van der Waals surface area (Å²) >= 11 is 6.61. The maximum Gasteiger partial charge on any atom is 0.333 e. The van der Waals surface area contributed by atoms with Gasteiger partial charge in [0.05, 0.1) is 10.0 Å². The van der Waals surface area contributed by atoms with Gasteiger partial charge < -0.3 is 20.6 Å². The van der Waals surface area contributed by atoms with E-state index in [0.29, 0.717) is 16.5 Å². The first-order valence-electron chi connectivity index (χ1n) is 12.2. The summed E-state index contributed by atoms with van der Waals surface area (Å²) in [5, 5.41) is 17.9. The number of hydrogen-bond donors (Lipinski definition) is 4. The number of hydrogen-bond acceptors (Lipinski definition) is 8. The lowest BCUT2D eigenvalue weighted by molar-refractivity contribution is 0.256. The van der Waals surface area contributed by atoms with Gasteiger partial charge in [-0.1, -0.05) is 11.6 Å². The molecular formula is C26H26ClN5O5S2. The molecule has 2 amide bonds. The van der Waals surface area contributed by atoms with Crippen LogP contribution in [-0.2, 0) is 10.0 Å². The predicted molar refractivity (Wildman–Crippen MR) is 154 cm³/mol. The Hall–Kier alpha value is -3.58. The fourth-order valence-electron chi connectivity index (χ4n) is 4.50. The van der Waals surface area contributed by atoms with Crippen molar-refractivity contribution in [2.24, 2.45) is 0 Å². The zero-order valence-corrected chi connectivity index (χ0v) is 23.1. The number of likely N-dealkylation sites (tertiary alicyclic amines) is 1. The van der Waals surface area contributed by atoms with Crippen molar-refractivity contribution in [3.63, 3.8) is 0 Å². The highest BCUT2D eigenvalue weighted by Crippen LogP contribution is 2.28. The van der Waals surface area contributed by atoms with Gasteiger partial charge in [-0.2, -0.15) is 0 Å². The number of aromatic hydroxyl groups is 1. The van der Waals surface area contributed by atoms with Crippen LogP contribution in [0.1, 0.15) is 12.8 Å². The average Bonchev–Trinajstić information content (AvgIpc) is 3.57. The number of anilines is 2. The smallest absolute Gasteiger partial charge is 0.333 e. The van der Waals surface area contributed by atoms with Gasteiger partial charge in [-0.3, -0.25) is 4.79 Å². The van der Waals surface area contributed by atoms with Crippen LogP contribution in [0.3, 0.4) is 0 Å². The quantitative estimate of drug-likeness (QED) is 0.240. The topological polar surface area (TPSA) is 133 Å². The zero-order chi connectivity index (χ0) is 27.6. The number of halogens is 1. The Labute approximate surface area is 233 Å². The summed E-state index contributed by atoms with van der Waals surface area (Å²) in [7, 11) is -4.07. The molecule has 4 aromatic rings. The van der Waals surface area contributed by atoms with E-state index in [1.807, 2.05) is 16.9 Å². The number of nitrogens with zero attached hydrogens (tertiary/aromatic N) is 2. The van der Waals surface area contributed by atoms with E-state index < -0.39 is 21.6 Å². The second-order valence-electron chi connectivity index (χ2n) is 9.08. The van der Waals surface area contributed by atoms with E-state index in [4.69, 9.17) is 11.6 Å². The van der Waals surface area contributed by atoms with E-state index in [9.17, 15) is 23.1 Å². The van der Waals surface area contributed by atoms with Gasteiger partial charge in [0.1, 0.15) is 4.21 Å². The van der Waals surface area contributed by atoms with Crippen LogP contribution in [0.4, 0.5) is 16.2 Å². The van der Waals surface area contributed by atoms with Crippen molar-refractivity contribution in [3.05, 3.63) is 75.4 Å². The van der Waals surface area contributed by atoms with Crippen LogP contribution in [0.25, 0.3) is 16.5 Å². The molecule has 0 saturated carbocycles. The lowest BCUT2D eigenvalue weighted by Crippen LogP contribution is -2.33. The number of rotatable bonds is 8. The van der Waals surface area contributed by atoms with Crippen molar-refractivity contribution in [1.82, 2.24) is 14.2 Å². The first-order chi connectivity index (χ1) is 18.7. The number of amides is 2. The van der Waals surface area contributed by atoms with E-state index in [-0.39, 0.29) is 20.1 Å². The van der Waals surface area contributed by atoms with E-state index in [0.717, 1.165) is 47.8 Å². The van der Waals surface area contributed by atoms with Gasteiger partial charge in [-0.25, -0.2) is 22.5 Å². The molecule has 4 N–H and O–H groups in total. The number of fused-ring (bicyclic) bond motifs is 1. The van der Waals surface area contributed by atoms with E-state index >= 15 is 0 Å². The SMILES string of the molecule is O=C(Nc1ccc(-n2c(O)c3ccc(NCCN4CCCC4)cc3cc2=O)cc1)NS(=O)(=O)c1ccc(Cl)s1. The minimum atomic E-state index is -4.07. The van der Waals surface area contributed by atoms with E-state index in [2.05, 4.69) is 15.5 Å². The molecule has 204 valence electrons. The van der Waals surface area contributed by atoms with Crippen LogP contribution >= 0.6 is 22.9 Å². The van der Waals surface area contributed by atoms with Crippen molar-refractivity contribution in [2.75, 3.05) is 36.8 Å². The third-order valence-electron chi connectivity index (χ3n) is 6.38. The Balaban J connectivity index is 1.28. The summed E-state index contributed by atoms with van der Waals surface area (Å²) in [6, 6.07) is 14.8. The van der Waals surface area contributed by atoms with Gasteiger partial charge in [-0.15, -0.1) is 11.3 Å². The molecule has 39 heavy (non-hydrogen) atoms. The lowest BCUT2D eigenvalue weighted by Gasteiger charge is -2.16. The molecule has 10 nitrogen and oxygen atoms in total. The highest BCUT2D eigenvalue weighted by atomic mass is 35.5. The number of aromatic nitrogens is 1. The Morgan fingerprint density at radius 1 is 1.00 bits per heavy atom. The third kappa shape index (κ3) is 6.19. The molecule has 0 atom stereocenters. The molecule has 0 radical (unpaired) electrons. The lowest BCUT2D eigenvalue weighted by atomic mass is 10.1. The molecule has 1 saturated heterocycles. The Kier molecular flexibility index (Phi) is 7.80. The Bertz CT molecular complexity index is 1680. The molecule has 0 spiro atoms. The molecule has 5 rings (SSSR count). The first kappa shape index (κ1) is 27.0. The van der Waals surface area contributed by atoms with Crippen molar-refractivity contribution in [1.29, 1.82) is 0 Å². The molecule has 2 aromatic heterocycles. The van der Waals surface area contributed by atoms with Crippen molar-refractivity contribution in [2.45, 2.75) is 17.1 Å². The molecule has 3 heterocycles. The van der Waals surface area contributed by atoms with Crippen LogP contribution in [0.2, 0.25) is 4.34 Å². The maximum absolute atomic E-state index is 12.9. The van der Waals surface area contributed by atoms with Crippen LogP contribution < -0.4 is 20.9 Å². The van der Waals surface area contributed by atoms with Crippen molar-refractivity contribution >= 4 is 61.1 Å². The third-order valence-corrected chi connectivity index (χ3v) is 9.44. The molecule has 13 heteroatoms. The van der Waals surface area contributed by atoms with Crippen LogP contribution in [0, 0.1) is 0 Å². The van der Waals surface area contributed by atoms with Gasteiger partial charge >= 0.3 is 6.03 Å². The minimum Gasteiger partial charge on any atom is -0.494 e. The standard InChI is InChI=1S/C26H26ClN5O5S2/c27-22-9-10-24(38-22)39(36,37)30-26(35)29-18-3-6-20(7-4-18)32-23(33)16-17-15-19(5-8-21(17)25(32)34)28-11-14-31-12-1-2-13-31/h3-10,15-16,28,34H,1-2,11-14H2,(H2,29,30,35). The fraction of sp³-hybridized carbons (Fsp3) is 0.231. The number of carbonyl (C=O) groups excluding carboxylic acids is 1. The van der Waals surface area contributed by atoms with Crippen LogP contribution in [0.15, 0.2) is 69.7 Å².